The third-order valence-corrected chi connectivity index (χ3v) is 5.74. The van der Waals surface area contributed by atoms with Crippen LogP contribution in [0.25, 0.3) is 17.1 Å². The number of benzene rings is 2. The van der Waals surface area contributed by atoms with Gasteiger partial charge in [0.25, 0.3) is 11.8 Å². The summed E-state index contributed by atoms with van der Waals surface area (Å²) >= 11 is 6.03. The molecule has 4 aromatic rings. The Morgan fingerprint density at radius 3 is 2.47 bits per heavy atom. The monoisotopic (exact) mass is 476 g/mol. The summed E-state index contributed by atoms with van der Waals surface area (Å²) in [5, 5.41) is 7.96. The number of rotatable bonds is 5. The lowest BCUT2D eigenvalue weighted by Crippen LogP contribution is -2.41. The third kappa shape index (κ3) is 4.46. The summed E-state index contributed by atoms with van der Waals surface area (Å²) in [7, 11) is 0. The van der Waals surface area contributed by atoms with E-state index < -0.39 is 5.91 Å². The van der Waals surface area contributed by atoms with Crippen LogP contribution in [-0.2, 0) is 4.74 Å². The molecular formula is C25H21ClN4O4. The van der Waals surface area contributed by atoms with Crippen LogP contribution in [0.5, 0.6) is 0 Å². The number of morpholine rings is 1. The summed E-state index contributed by atoms with van der Waals surface area (Å²) in [5.74, 6) is -0.0330. The van der Waals surface area contributed by atoms with E-state index in [2.05, 4.69) is 10.4 Å². The van der Waals surface area contributed by atoms with Crippen molar-refractivity contribution in [3.8, 4) is 17.1 Å². The number of anilines is 1. The lowest BCUT2D eigenvalue weighted by Gasteiger charge is -2.27. The van der Waals surface area contributed by atoms with Crippen LogP contribution in [0.1, 0.15) is 20.8 Å². The van der Waals surface area contributed by atoms with Crippen molar-refractivity contribution in [1.29, 1.82) is 0 Å². The lowest BCUT2D eigenvalue weighted by molar-refractivity contribution is 0.0303. The first kappa shape index (κ1) is 21.9. The second-order valence-corrected chi connectivity index (χ2v) is 8.12. The molecule has 1 N–H and O–H groups in total. The standard InChI is InChI=1S/C25H21ClN4O4/c26-17-7-9-18(10-8-17)30-22(23-6-3-13-34-23)16-21(28-30)24(31)27-20-5-2-1-4-19(20)25(32)29-11-14-33-15-12-29/h1-10,13,16H,11-12,14-15H2,(H,27,31). The zero-order chi connectivity index (χ0) is 23.5. The average molecular weight is 477 g/mol. The second-order valence-electron chi connectivity index (χ2n) is 7.68. The average Bonchev–Trinajstić information content (AvgIpc) is 3.55. The number of carbonyl (C=O) groups excluding carboxylic acids is 2. The molecule has 1 fully saturated rings. The van der Waals surface area contributed by atoms with Crippen molar-refractivity contribution in [3.05, 3.63) is 89.3 Å². The number of hydrogen-bond donors (Lipinski definition) is 1. The number of halogens is 1. The van der Waals surface area contributed by atoms with Crippen LogP contribution in [0.3, 0.4) is 0 Å². The van der Waals surface area contributed by atoms with Crippen molar-refractivity contribution in [2.45, 2.75) is 0 Å². The minimum atomic E-state index is -0.442. The summed E-state index contributed by atoms with van der Waals surface area (Å²) in [5.41, 5.74) is 2.34. The molecule has 1 aliphatic heterocycles. The Morgan fingerprint density at radius 1 is 0.971 bits per heavy atom. The van der Waals surface area contributed by atoms with Gasteiger partial charge in [0.05, 0.1) is 36.4 Å². The second kappa shape index (κ2) is 9.54. The van der Waals surface area contributed by atoms with Gasteiger partial charge < -0.3 is 19.4 Å². The first-order valence-electron chi connectivity index (χ1n) is 10.8. The third-order valence-electron chi connectivity index (χ3n) is 5.49. The Balaban J connectivity index is 1.45. The van der Waals surface area contributed by atoms with Crippen molar-refractivity contribution in [3.63, 3.8) is 0 Å². The minimum absolute atomic E-state index is 0.151. The molecule has 2 amide bonds. The number of hydrogen-bond acceptors (Lipinski definition) is 5. The van der Waals surface area contributed by atoms with Gasteiger partial charge in [0.2, 0.25) is 0 Å². The Kier molecular flexibility index (Phi) is 6.16. The number of nitrogens with zero attached hydrogens (tertiary/aromatic N) is 3. The van der Waals surface area contributed by atoms with Crippen molar-refractivity contribution in [2.75, 3.05) is 31.6 Å². The van der Waals surface area contributed by atoms with Crippen LogP contribution in [0.4, 0.5) is 5.69 Å². The van der Waals surface area contributed by atoms with E-state index in [1.165, 1.54) is 0 Å². The molecule has 0 spiro atoms. The first-order chi connectivity index (χ1) is 16.6. The highest BCUT2D eigenvalue weighted by Crippen LogP contribution is 2.26. The molecule has 0 saturated carbocycles. The van der Waals surface area contributed by atoms with Gasteiger partial charge in [-0.1, -0.05) is 23.7 Å². The van der Waals surface area contributed by atoms with E-state index in [-0.39, 0.29) is 11.6 Å². The largest absolute Gasteiger partial charge is 0.463 e. The van der Waals surface area contributed by atoms with Crippen molar-refractivity contribution < 1.29 is 18.7 Å². The molecule has 8 nitrogen and oxygen atoms in total. The van der Waals surface area contributed by atoms with E-state index in [4.69, 9.17) is 20.8 Å². The van der Waals surface area contributed by atoms with Crippen molar-refractivity contribution in [1.82, 2.24) is 14.7 Å². The molecule has 2 aromatic heterocycles. The predicted octanol–water partition coefficient (Wildman–Crippen LogP) is 4.51. The van der Waals surface area contributed by atoms with Gasteiger partial charge in [0.1, 0.15) is 5.69 Å². The normalized spacial score (nSPS) is 13.6. The predicted molar refractivity (Wildman–Crippen MR) is 127 cm³/mol. The highest BCUT2D eigenvalue weighted by atomic mass is 35.5. The summed E-state index contributed by atoms with van der Waals surface area (Å²) in [6.07, 6.45) is 1.56. The van der Waals surface area contributed by atoms with Gasteiger partial charge in [0.15, 0.2) is 11.5 Å². The number of para-hydroxylation sites is 1. The molecule has 1 saturated heterocycles. The number of carbonyl (C=O) groups is 2. The quantitative estimate of drug-likeness (QED) is 0.457. The highest BCUT2D eigenvalue weighted by molar-refractivity contribution is 6.30. The fraction of sp³-hybridized carbons (Fsp3) is 0.160. The van der Waals surface area contributed by atoms with Gasteiger partial charge in [-0.15, -0.1) is 0 Å². The molecule has 0 bridgehead atoms. The van der Waals surface area contributed by atoms with Crippen LogP contribution >= 0.6 is 11.6 Å². The Labute approximate surface area is 200 Å². The van der Waals surface area contributed by atoms with Crippen LogP contribution < -0.4 is 5.32 Å². The maximum Gasteiger partial charge on any atom is 0.276 e. The summed E-state index contributed by atoms with van der Waals surface area (Å²) in [4.78, 5) is 28.0. The number of furan rings is 1. The van der Waals surface area contributed by atoms with Gasteiger partial charge in [-0.25, -0.2) is 4.68 Å². The molecule has 3 heterocycles. The van der Waals surface area contributed by atoms with Gasteiger partial charge in [-0.2, -0.15) is 5.10 Å². The number of nitrogens with one attached hydrogen (secondary N) is 1. The van der Waals surface area contributed by atoms with Crippen LogP contribution in [0.2, 0.25) is 5.02 Å². The molecule has 1 aliphatic rings. The van der Waals surface area contributed by atoms with E-state index in [1.54, 1.807) is 82.6 Å². The molecular weight excluding hydrogens is 456 g/mol. The Hall–Kier alpha value is -3.88. The molecule has 0 radical (unpaired) electrons. The zero-order valence-electron chi connectivity index (χ0n) is 18.1. The molecule has 34 heavy (non-hydrogen) atoms. The Bertz CT molecular complexity index is 1310. The molecule has 172 valence electrons. The maximum atomic E-state index is 13.2. The van der Waals surface area contributed by atoms with Crippen molar-refractivity contribution >= 4 is 29.1 Å². The number of ether oxygens (including phenoxy) is 1. The topological polar surface area (TPSA) is 89.6 Å². The summed E-state index contributed by atoms with van der Waals surface area (Å²) < 4.78 is 12.5. The van der Waals surface area contributed by atoms with Gasteiger partial charge in [0, 0.05) is 24.2 Å². The lowest BCUT2D eigenvalue weighted by atomic mass is 10.1. The molecule has 2 aromatic carbocycles. The molecule has 0 aliphatic carbocycles. The van der Waals surface area contributed by atoms with Gasteiger partial charge >= 0.3 is 0 Å². The SMILES string of the molecule is O=C(Nc1ccccc1C(=O)N1CCOCC1)c1cc(-c2ccco2)n(-c2ccc(Cl)cc2)n1. The highest BCUT2D eigenvalue weighted by Gasteiger charge is 2.23. The molecule has 5 rings (SSSR count). The molecule has 9 heteroatoms. The summed E-state index contributed by atoms with van der Waals surface area (Å²) in [6, 6.07) is 19.3. The van der Waals surface area contributed by atoms with E-state index in [0.717, 1.165) is 5.69 Å². The van der Waals surface area contributed by atoms with Crippen LogP contribution in [0.15, 0.2) is 77.4 Å². The first-order valence-corrected chi connectivity index (χ1v) is 11.2. The van der Waals surface area contributed by atoms with E-state index in [1.807, 2.05) is 0 Å². The molecule has 0 unspecified atom stereocenters. The fourth-order valence-corrected chi connectivity index (χ4v) is 3.90. The minimum Gasteiger partial charge on any atom is -0.463 e. The van der Waals surface area contributed by atoms with Crippen molar-refractivity contribution in [2.24, 2.45) is 0 Å². The number of amides is 2. The Morgan fingerprint density at radius 2 is 1.74 bits per heavy atom. The fourth-order valence-electron chi connectivity index (χ4n) is 3.77. The van der Waals surface area contributed by atoms with E-state index >= 15 is 0 Å². The van der Waals surface area contributed by atoms with Gasteiger partial charge in [-0.3, -0.25) is 9.59 Å². The maximum absolute atomic E-state index is 13.2. The van der Waals surface area contributed by atoms with Gasteiger partial charge in [-0.05, 0) is 48.5 Å². The van der Waals surface area contributed by atoms with Crippen LogP contribution in [0, 0.1) is 0 Å². The number of aromatic nitrogens is 2. The summed E-state index contributed by atoms with van der Waals surface area (Å²) in [6.45, 7) is 2.02. The van der Waals surface area contributed by atoms with E-state index in [9.17, 15) is 9.59 Å². The zero-order valence-corrected chi connectivity index (χ0v) is 18.9. The smallest absolute Gasteiger partial charge is 0.276 e. The van der Waals surface area contributed by atoms with E-state index in [0.29, 0.717) is 54.0 Å². The van der Waals surface area contributed by atoms with Crippen LogP contribution in [-0.4, -0.2) is 52.8 Å². The molecule has 0 atom stereocenters.